The zero-order chi connectivity index (χ0) is 46.0. The van der Waals surface area contributed by atoms with Crippen LogP contribution in [-0.4, -0.2) is 110 Å². The number of aliphatic hydroxyl groups is 1. The van der Waals surface area contributed by atoms with E-state index in [2.05, 4.69) is 41.0 Å². The fourth-order valence-electron chi connectivity index (χ4n) is 9.07. The zero-order valence-corrected chi connectivity index (χ0v) is 38.4. The summed E-state index contributed by atoms with van der Waals surface area (Å²) in [5.41, 5.74) is 6.53. The first-order valence-electron chi connectivity index (χ1n) is 22.1. The van der Waals surface area contributed by atoms with Gasteiger partial charge in [-0.15, -0.1) is 11.3 Å². The van der Waals surface area contributed by atoms with Crippen LogP contribution in [-0.2, 0) is 19.1 Å². The van der Waals surface area contributed by atoms with Gasteiger partial charge in [0.1, 0.15) is 29.6 Å². The molecule has 65 heavy (non-hydrogen) atoms. The molecule has 0 saturated carbocycles. The van der Waals surface area contributed by atoms with Crippen molar-refractivity contribution < 1.29 is 33.8 Å². The number of hydrogen-bond donors (Lipinski definition) is 5. The molecule has 17 heteroatoms. The van der Waals surface area contributed by atoms with E-state index in [4.69, 9.17) is 9.47 Å². The Kier molecular flexibility index (Phi) is 13.1. The van der Waals surface area contributed by atoms with E-state index in [1.54, 1.807) is 48.9 Å². The number of aryl methyl sites for hydroxylation is 1. The number of thiazole rings is 1. The molecule has 3 aliphatic rings. The Bertz CT molecular complexity index is 2510. The van der Waals surface area contributed by atoms with Gasteiger partial charge in [-0.3, -0.25) is 24.3 Å². The van der Waals surface area contributed by atoms with Crippen molar-refractivity contribution in [1.82, 2.24) is 35.7 Å². The van der Waals surface area contributed by atoms with E-state index in [0.29, 0.717) is 61.6 Å². The number of rotatable bonds is 12. The highest BCUT2D eigenvalue weighted by molar-refractivity contribution is 7.13. The van der Waals surface area contributed by atoms with Crippen LogP contribution in [0.15, 0.2) is 78.4 Å². The fourth-order valence-corrected chi connectivity index (χ4v) is 9.88. The fraction of sp³-hybridized carbons (Fsp3) is 0.438. The second kappa shape index (κ2) is 18.7. The molecule has 3 saturated heterocycles. The van der Waals surface area contributed by atoms with Crippen LogP contribution in [0.1, 0.15) is 87.6 Å². The molecule has 0 unspecified atom stereocenters. The standard InChI is InChI=1S/C48H57N9O7S/c1-28(30-10-12-31(13-11-30)41-29(2)49-27-65-41)51-44(60)38-25-33(58)26-57(38)46(62)42(47(3,4)5)54-45(61)39-16-18-48(64-39)19-22-56(23-20-48)32-14-15-36(40(24-32)63-6)53-43(59)37-9-7-8-34(52-37)35-17-21-50-55-35/h7-15,17,21,24,27-28,33,38-39,42,58H,16,18-20,22-23,25-26H2,1-6H3,(H,50,55)(H,51,60)(H,53,59)(H,54,61)/t28-,33+,38-,39+,42+/m0/s1. The number of piperidine rings is 1. The number of aromatic amines is 1. The SMILES string of the molecule is COc1cc(N2CCC3(CC[C@H](C(=O)N[C@H](C(=O)N4C[C@H](O)C[C@H]4C(=O)N[C@@H](C)c4ccc(-c5scnc5C)cc4)C(C)(C)C)O3)CC2)ccc1NC(=O)c1cccc(-c2ccn[nH]2)n1. The van der Waals surface area contributed by atoms with Crippen molar-refractivity contribution in [2.45, 2.75) is 103 Å². The summed E-state index contributed by atoms with van der Waals surface area (Å²) in [4.78, 5) is 68.9. The third-order valence-electron chi connectivity index (χ3n) is 12.8. The van der Waals surface area contributed by atoms with Gasteiger partial charge in [0.25, 0.3) is 5.91 Å². The summed E-state index contributed by atoms with van der Waals surface area (Å²) < 4.78 is 12.3. The summed E-state index contributed by atoms with van der Waals surface area (Å²) in [5, 5.41) is 26.6. The zero-order valence-electron chi connectivity index (χ0n) is 37.6. The minimum absolute atomic E-state index is 0.0152. The molecule has 4 amide bonds. The Balaban J connectivity index is 0.857. The van der Waals surface area contributed by atoms with Gasteiger partial charge >= 0.3 is 0 Å². The highest BCUT2D eigenvalue weighted by Gasteiger charge is 2.48. The average molecular weight is 904 g/mol. The predicted molar refractivity (Wildman–Crippen MR) is 247 cm³/mol. The van der Waals surface area contributed by atoms with Crippen molar-refractivity contribution in [3.8, 4) is 27.6 Å². The molecule has 3 aromatic heterocycles. The molecule has 0 bridgehead atoms. The van der Waals surface area contributed by atoms with Crippen molar-refractivity contribution in [1.29, 1.82) is 0 Å². The summed E-state index contributed by atoms with van der Waals surface area (Å²) in [6.07, 6.45) is 2.68. The summed E-state index contributed by atoms with van der Waals surface area (Å²) >= 11 is 1.58. The Morgan fingerprint density at radius 2 is 1.77 bits per heavy atom. The quantitative estimate of drug-likeness (QED) is 0.0975. The van der Waals surface area contributed by atoms with Crippen molar-refractivity contribution in [3.63, 3.8) is 0 Å². The molecule has 6 heterocycles. The number of hydrogen-bond acceptors (Lipinski definition) is 12. The summed E-state index contributed by atoms with van der Waals surface area (Å²) in [5.74, 6) is -1.02. The molecule has 8 rings (SSSR count). The number of nitrogens with one attached hydrogen (secondary N) is 4. The van der Waals surface area contributed by atoms with Gasteiger partial charge in [-0.1, -0.05) is 51.1 Å². The molecule has 1 spiro atoms. The number of carbonyl (C=O) groups excluding carboxylic acids is 4. The Labute approximate surface area is 382 Å². The van der Waals surface area contributed by atoms with Crippen LogP contribution < -0.4 is 25.6 Å². The van der Waals surface area contributed by atoms with Gasteiger partial charge in [0.05, 0.1) is 58.0 Å². The minimum Gasteiger partial charge on any atom is -0.494 e. The normalized spacial score (nSPS) is 20.3. The van der Waals surface area contributed by atoms with Gasteiger partial charge in [0.15, 0.2) is 0 Å². The first-order valence-corrected chi connectivity index (χ1v) is 23.0. The van der Waals surface area contributed by atoms with E-state index in [9.17, 15) is 24.3 Å². The monoisotopic (exact) mass is 903 g/mol. The van der Waals surface area contributed by atoms with Crippen LogP contribution in [0.25, 0.3) is 21.8 Å². The van der Waals surface area contributed by atoms with Crippen LogP contribution >= 0.6 is 11.3 Å². The highest BCUT2D eigenvalue weighted by Crippen LogP contribution is 2.41. The number of nitrogens with zero attached hydrogens (tertiary/aromatic N) is 5. The minimum atomic E-state index is -0.969. The number of aliphatic hydroxyl groups excluding tert-OH is 1. The van der Waals surface area contributed by atoms with Gasteiger partial charge in [-0.2, -0.15) is 5.10 Å². The van der Waals surface area contributed by atoms with E-state index in [1.807, 2.05) is 82.6 Å². The largest absolute Gasteiger partial charge is 0.494 e. The van der Waals surface area contributed by atoms with Crippen molar-refractivity contribution in [2.75, 3.05) is 37.0 Å². The lowest BCUT2D eigenvalue weighted by Gasteiger charge is -2.40. The smallest absolute Gasteiger partial charge is 0.274 e. The Morgan fingerprint density at radius 1 is 1.00 bits per heavy atom. The van der Waals surface area contributed by atoms with Gasteiger partial charge in [0, 0.05) is 44.0 Å². The molecular weight excluding hydrogens is 847 g/mol. The molecule has 342 valence electrons. The summed E-state index contributed by atoms with van der Waals surface area (Å²) in [7, 11) is 1.56. The lowest BCUT2D eigenvalue weighted by atomic mass is 9.85. The Hall–Kier alpha value is -6.17. The average Bonchev–Trinajstić information content (AvgIpc) is 4.14. The molecule has 0 radical (unpaired) electrons. The van der Waals surface area contributed by atoms with E-state index in [-0.39, 0.29) is 42.4 Å². The van der Waals surface area contributed by atoms with E-state index in [1.165, 1.54) is 4.90 Å². The molecular formula is C48H57N9O7S. The number of pyridine rings is 1. The lowest BCUT2D eigenvalue weighted by molar-refractivity contribution is -0.148. The third kappa shape index (κ3) is 9.92. The van der Waals surface area contributed by atoms with Crippen LogP contribution in [0, 0.1) is 12.3 Å². The molecule has 5 atom stereocenters. The molecule has 5 N–H and O–H groups in total. The van der Waals surface area contributed by atoms with Crippen molar-refractivity contribution in [2.24, 2.45) is 5.41 Å². The molecule has 2 aromatic carbocycles. The molecule has 3 aliphatic heterocycles. The number of aromatic nitrogens is 4. The number of benzene rings is 2. The van der Waals surface area contributed by atoms with Gasteiger partial charge in [0.2, 0.25) is 17.7 Å². The van der Waals surface area contributed by atoms with E-state index < -0.39 is 41.2 Å². The second-order valence-electron chi connectivity index (χ2n) is 18.4. The van der Waals surface area contributed by atoms with E-state index in [0.717, 1.165) is 27.4 Å². The van der Waals surface area contributed by atoms with E-state index >= 15 is 0 Å². The van der Waals surface area contributed by atoms with Crippen molar-refractivity contribution >= 4 is 46.3 Å². The molecule has 0 aliphatic carbocycles. The highest BCUT2D eigenvalue weighted by atomic mass is 32.1. The maximum atomic E-state index is 14.4. The number of anilines is 2. The predicted octanol–water partition coefficient (Wildman–Crippen LogP) is 6.05. The topological polar surface area (TPSA) is 204 Å². The third-order valence-corrected chi connectivity index (χ3v) is 13.8. The maximum Gasteiger partial charge on any atom is 0.274 e. The van der Waals surface area contributed by atoms with Gasteiger partial charge in [-0.25, -0.2) is 9.97 Å². The number of amides is 4. The second-order valence-corrected chi connectivity index (χ2v) is 19.2. The number of β-amino-alcohol motifs (C(OH)–C–C–N with tert-alkyl or cyclic N) is 1. The number of likely N-dealkylation sites (tertiary alicyclic amines) is 1. The Morgan fingerprint density at radius 3 is 2.45 bits per heavy atom. The summed E-state index contributed by atoms with van der Waals surface area (Å²) in [6.45, 7) is 10.8. The van der Waals surface area contributed by atoms with Crippen LogP contribution in [0.3, 0.4) is 0 Å². The number of methoxy groups -OCH3 is 1. The number of carbonyl (C=O) groups is 4. The first-order chi connectivity index (χ1) is 31.1. The summed E-state index contributed by atoms with van der Waals surface area (Å²) in [6, 6.07) is 18.4. The molecule has 3 fully saturated rings. The van der Waals surface area contributed by atoms with Crippen LogP contribution in [0.4, 0.5) is 11.4 Å². The number of H-pyrrole nitrogens is 1. The van der Waals surface area contributed by atoms with Crippen LogP contribution in [0.2, 0.25) is 0 Å². The van der Waals surface area contributed by atoms with Crippen LogP contribution in [0.5, 0.6) is 5.75 Å². The first kappa shape index (κ1) is 45.4. The maximum absolute atomic E-state index is 14.4. The lowest BCUT2D eigenvalue weighted by Crippen LogP contribution is -2.59. The number of ether oxygens (including phenoxy) is 2. The van der Waals surface area contributed by atoms with Crippen molar-refractivity contribution in [3.05, 3.63) is 95.4 Å². The molecule has 16 nitrogen and oxygen atoms in total. The van der Waals surface area contributed by atoms with Gasteiger partial charge < -0.3 is 40.3 Å². The van der Waals surface area contributed by atoms with Gasteiger partial charge in [-0.05, 0) is 86.4 Å². The molecule has 5 aromatic rings.